The van der Waals surface area contributed by atoms with Crippen molar-refractivity contribution in [2.75, 3.05) is 0 Å². The highest BCUT2D eigenvalue weighted by atomic mass is 16.6. The molecule has 3 heterocycles. The third-order valence-corrected chi connectivity index (χ3v) is 7.69. The quantitative estimate of drug-likeness (QED) is 0.326. The Balaban J connectivity index is 1.40. The Labute approximate surface area is 226 Å². The Morgan fingerprint density at radius 1 is 0.974 bits per heavy atom. The molecule has 3 aromatic carbocycles. The van der Waals surface area contributed by atoms with Crippen molar-refractivity contribution in [2.45, 2.75) is 62.4 Å². The van der Waals surface area contributed by atoms with Crippen LogP contribution in [0.1, 0.15) is 77.6 Å². The summed E-state index contributed by atoms with van der Waals surface area (Å²) < 4.78 is 18.1. The Bertz CT molecular complexity index is 1420. The number of ether oxygens (including phenoxy) is 3. The van der Waals surface area contributed by atoms with Gasteiger partial charge in [0.15, 0.2) is 11.6 Å². The SMILES string of the molecule is O=C1CCC[C@@H]2C[C@H](C[C@@](O)(/C=C/c3ccccc3)O2)c2c(cc3c(c2O)C(=O)C[C@@H](c2ccccc2)O3)O1. The Morgan fingerprint density at radius 2 is 1.72 bits per heavy atom. The predicted octanol–water partition coefficient (Wildman–Crippen LogP) is 5.85. The van der Waals surface area contributed by atoms with Gasteiger partial charge in [-0.3, -0.25) is 9.59 Å². The number of hydrogen-bond donors (Lipinski definition) is 2. The second kappa shape index (κ2) is 10.3. The molecule has 0 spiro atoms. The van der Waals surface area contributed by atoms with E-state index < -0.39 is 23.8 Å². The smallest absolute Gasteiger partial charge is 0.311 e. The van der Waals surface area contributed by atoms with Crippen LogP contribution in [0.4, 0.5) is 0 Å². The van der Waals surface area contributed by atoms with Gasteiger partial charge in [0, 0.05) is 24.5 Å². The first-order valence-electron chi connectivity index (χ1n) is 13.4. The first-order valence-corrected chi connectivity index (χ1v) is 13.4. The molecule has 0 saturated carbocycles. The first kappa shape index (κ1) is 25.3. The number of ketones is 1. The number of fused-ring (bicyclic) bond motifs is 5. The van der Waals surface area contributed by atoms with Crippen LogP contribution in [0.5, 0.6) is 17.2 Å². The van der Waals surface area contributed by atoms with Gasteiger partial charge in [-0.15, -0.1) is 0 Å². The number of rotatable bonds is 3. The van der Waals surface area contributed by atoms with Crippen molar-refractivity contribution in [3.63, 3.8) is 0 Å². The minimum absolute atomic E-state index is 0.0727. The number of Topliss-reactive ketones (excluding diaryl/α,β-unsaturated/α-hetero) is 1. The van der Waals surface area contributed by atoms with E-state index in [0.717, 1.165) is 11.1 Å². The molecule has 39 heavy (non-hydrogen) atoms. The molecule has 200 valence electrons. The molecular formula is C32H30O7. The number of aromatic hydroxyl groups is 1. The number of esters is 1. The summed E-state index contributed by atoms with van der Waals surface area (Å²) in [5, 5.41) is 23.1. The molecule has 2 N–H and O–H groups in total. The fraction of sp³-hybridized carbons (Fsp3) is 0.312. The largest absolute Gasteiger partial charge is 0.507 e. The second-order valence-electron chi connectivity index (χ2n) is 10.5. The molecule has 7 nitrogen and oxygen atoms in total. The van der Waals surface area contributed by atoms with Crippen molar-refractivity contribution >= 4 is 17.8 Å². The van der Waals surface area contributed by atoms with Crippen molar-refractivity contribution in [3.8, 4) is 17.2 Å². The number of benzene rings is 3. The van der Waals surface area contributed by atoms with Gasteiger partial charge in [-0.1, -0.05) is 66.7 Å². The number of carbonyl (C=O) groups excluding carboxylic acids is 2. The van der Waals surface area contributed by atoms with Crippen LogP contribution in [0.15, 0.2) is 72.8 Å². The maximum Gasteiger partial charge on any atom is 0.311 e. The third-order valence-electron chi connectivity index (χ3n) is 7.69. The summed E-state index contributed by atoms with van der Waals surface area (Å²) in [7, 11) is 0. The van der Waals surface area contributed by atoms with Crippen molar-refractivity contribution in [1.82, 2.24) is 0 Å². The van der Waals surface area contributed by atoms with Crippen LogP contribution in [-0.2, 0) is 9.53 Å². The zero-order valence-electron chi connectivity index (χ0n) is 21.4. The lowest BCUT2D eigenvalue weighted by atomic mass is 9.80. The number of phenols is 1. The maximum atomic E-state index is 13.3. The van der Waals surface area contributed by atoms with Crippen LogP contribution >= 0.6 is 0 Å². The van der Waals surface area contributed by atoms with E-state index in [2.05, 4.69) is 0 Å². The van der Waals surface area contributed by atoms with Crippen LogP contribution in [0.3, 0.4) is 0 Å². The average Bonchev–Trinajstić information content (AvgIpc) is 2.92. The summed E-state index contributed by atoms with van der Waals surface area (Å²) in [6, 6.07) is 20.6. The average molecular weight is 527 g/mol. The Kier molecular flexibility index (Phi) is 6.71. The van der Waals surface area contributed by atoms with E-state index >= 15 is 0 Å². The molecule has 0 unspecified atom stereocenters. The van der Waals surface area contributed by atoms with E-state index in [1.807, 2.05) is 60.7 Å². The van der Waals surface area contributed by atoms with Crippen LogP contribution < -0.4 is 9.47 Å². The molecule has 0 radical (unpaired) electrons. The van der Waals surface area contributed by atoms with E-state index in [4.69, 9.17) is 14.2 Å². The summed E-state index contributed by atoms with van der Waals surface area (Å²) in [5.74, 6) is -2.64. The Morgan fingerprint density at radius 3 is 2.49 bits per heavy atom. The molecule has 3 aliphatic rings. The fourth-order valence-corrected chi connectivity index (χ4v) is 5.88. The maximum absolute atomic E-state index is 13.3. The number of aliphatic hydroxyl groups is 1. The standard InChI is InChI=1S/C32H30O7/c33-24-17-25(21-10-5-2-6-11-21)37-27-18-26-29(31(35)30(24)27)22-16-23(12-7-13-28(34)38-26)39-32(36,19-22)15-14-20-8-3-1-4-9-20/h1-6,8-11,14-15,18,22-23,25,35-36H,7,12-13,16-17,19H2/b15-14+/t22-,23-,25+,32-/m1/s1. The molecular weight excluding hydrogens is 496 g/mol. The van der Waals surface area contributed by atoms with Gasteiger partial charge in [0.25, 0.3) is 0 Å². The highest BCUT2D eigenvalue weighted by molar-refractivity contribution is 6.03. The lowest BCUT2D eigenvalue weighted by Crippen LogP contribution is -2.42. The number of carbonyl (C=O) groups is 2. The van der Waals surface area contributed by atoms with Crippen molar-refractivity contribution in [1.29, 1.82) is 0 Å². The van der Waals surface area contributed by atoms with Crippen molar-refractivity contribution in [3.05, 3.63) is 95.1 Å². The van der Waals surface area contributed by atoms with Gasteiger partial charge in [0.05, 0.1) is 12.5 Å². The highest BCUT2D eigenvalue weighted by Gasteiger charge is 2.43. The molecule has 0 aliphatic carbocycles. The van der Waals surface area contributed by atoms with E-state index in [-0.39, 0.29) is 54.0 Å². The van der Waals surface area contributed by atoms with E-state index in [1.165, 1.54) is 0 Å². The molecule has 7 heteroatoms. The van der Waals surface area contributed by atoms with Gasteiger partial charge in [-0.25, -0.2) is 0 Å². The monoisotopic (exact) mass is 526 g/mol. The summed E-state index contributed by atoms with van der Waals surface area (Å²) in [6.07, 6.45) is 4.51. The summed E-state index contributed by atoms with van der Waals surface area (Å²) in [4.78, 5) is 26.0. The topological polar surface area (TPSA) is 102 Å². The van der Waals surface area contributed by atoms with Gasteiger partial charge >= 0.3 is 5.97 Å². The van der Waals surface area contributed by atoms with Crippen LogP contribution in [-0.4, -0.2) is 33.9 Å². The predicted molar refractivity (Wildman–Crippen MR) is 144 cm³/mol. The minimum Gasteiger partial charge on any atom is -0.507 e. The zero-order chi connectivity index (χ0) is 27.0. The highest BCUT2D eigenvalue weighted by Crippen LogP contribution is 2.52. The molecule has 0 aromatic heterocycles. The Hall–Kier alpha value is -3.94. The number of hydrogen-bond acceptors (Lipinski definition) is 7. The van der Waals surface area contributed by atoms with Gasteiger partial charge < -0.3 is 24.4 Å². The summed E-state index contributed by atoms with van der Waals surface area (Å²) in [6.45, 7) is 0. The fourth-order valence-electron chi connectivity index (χ4n) is 5.88. The number of phenolic OH excluding ortho intramolecular Hbond substituents is 1. The van der Waals surface area contributed by atoms with Gasteiger partial charge in [-0.05, 0) is 42.4 Å². The summed E-state index contributed by atoms with van der Waals surface area (Å²) in [5.41, 5.74) is 2.17. The van der Waals surface area contributed by atoms with Gasteiger partial charge in [-0.2, -0.15) is 0 Å². The van der Waals surface area contributed by atoms with Crippen molar-refractivity contribution < 1.29 is 34.0 Å². The van der Waals surface area contributed by atoms with E-state index in [9.17, 15) is 19.8 Å². The second-order valence-corrected chi connectivity index (χ2v) is 10.5. The van der Waals surface area contributed by atoms with E-state index in [0.29, 0.717) is 24.8 Å². The minimum atomic E-state index is -1.61. The molecule has 6 rings (SSSR count). The van der Waals surface area contributed by atoms with Crippen LogP contribution in [0, 0.1) is 0 Å². The summed E-state index contributed by atoms with van der Waals surface area (Å²) >= 11 is 0. The molecule has 4 atom stereocenters. The first-order chi connectivity index (χ1) is 18.9. The third kappa shape index (κ3) is 5.20. The molecule has 3 aliphatic heterocycles. The normalized spacial score (nSPS) is 26.7. The van der Waals surface area contributed by atoms with Gasteiger partial charge in [0.2, 0.25) is 0 Å². The lowest BCUT2D eigenvalue weighted by molar-refractivity contribution is -0.227. The lowest BCUT2D eigenvalue weighted by Gasteiger charge is -2.41. The molecule has 1 saturated heterocycles. The van der Waals surface area contributed by atoms with Gasteiger partial charge in [0.1, 0.15) is 28.9 Å². The zero-order valence-corrected chi connectivity index (χ0v) is 21.4. The van der Waals surface area contributed by atoms with Crippen molar-refractivity contribution in [2.24, 2.45) is 0 Å². The molecule has 0 amide bonds. The van der Waals surface area contributed by atoms with E-state index in [1.54, 1.807) is 18.2 Å². The molecule has 2 bridgehead atoms. The van der Waals surface area contributed by atoms with Crippen LogP contribution in [0.2, 0.25) is 0 Å². The molecule has 3 aromatic rings. The van der Waals surface area contributed by atoms with Crippen LogP contribution in [0.25, 0.3) is 6.08 Å². The molecule has 1 fully saturated rings.